The summed E-state index contributed by atoms with van der Waals surface area (Å²) < 4.78 is 20.6. The average molecular weight is 274 g/mol. The zero-order valence-corrected chi connectivity index (χ0v) is 11.2. The summed E-state index contributed by atoms with van der Waals surface area (Å²) in [4.78, 5) is 4.06. The zero-order valence-electron chi connectivity index (χ0n) is 11.2. The van der Waals surface area contributed by atoms with Gasteiger partial charge >= 0.3 is 0 Å². The summed E-state index contributed by atoms with van der Waals surface area (Å²) in [5, 5.41) is 11.1. The molecule has 0 fully saturated rings. The van der Waals surface area contributed by atoms with Crippen molar-refractivity contribution in [3.63, 3.8) is 0 Å². The summed E-state index contributed by atoms with van der Waals surface area (Å²) in [5.41, 5.74) is 1.20. The molecule has 0 aliphatic heterocycles. The van der Waals surface area contributed by atoms with Crippen LogP contribution >= 0.6 is 0 Å². The Balaban J connectivity index is 2.03. The quantitative estimate of drug-likeness (QED) is 0.796. The largest absolute Gasteiger partial charge is 0.458 e. The summed E-state index contributed by atoms with van der Waals surface area (Å²) >= 11 is 0. The van der Waals surface area contributed by atoms with Crippen LogP contribution in [0.1, 0.15) is 37.4 Å². The van der Waals surface area contributed by atoms with Crippen LogP contribution in [0.25, 0.3) is 11.0 Å². The number of halogens is 1. The number of nitrogens with zero attached hydrogens (tertiary/aromatic N) is 2. The lowest BCUT2D eigenvalue weighted by Crippen LogP contribution is -2.09. The van der Waals surface area contributed by atoms with Gasteiger partial charge in [-0.3, -0.25) is 0 Å². The lowest BCUT2D eigenvalue weighted by molar-refractivity contribution is 0.181. The summed E-state index contributed by atoms with van der Waals surface area (Å²) in [5.74, 6) is 0.0552. The number of rotatable bonds is 3. The van der Waals surface area contributed by atoms with E-state index < -0.39 is 6.10 Å². The minimum Gasteiger partial charge on any atom is -0.458 e. The second kappa shape index (κ2) is 4.76. The smallest absolute Gasteiger partial charge is 0.153 e. The van der Waals surface area contributed by atoms with Gasteiger partial charge in [-0.05, 0) is 38.1 Å². The van der Waals surface area contributed by atoms with Gasteiger partial charge in [-0.2, -0.15) is 0 Å². The van der Waals surface area contributed by atoms with Crippen molar-refractivity contribution in [1.29, 1.82) is 0 Å². The van der Waals surface area contributed by atoms with Gasteiger partial charge in [0, 0.05) is 11.4 Å². The normalized spacial score (nSPS) is 13.2. The third kappa shape index (κ3) is 2.10. The highest BCUT2D eigenvalue weighted by Gasteiger charge is 2.20. The van der Waals surface area contributed by atoms with Crippen molar-refractivity contribution in [3.05, 3.63) is 54.1 Å². The van der Waals surface area contributed by atoms with Crippen molar-refractivity contribution in [1.82, 2.24) is 9.55 Å². The molecule has 5 heteroatoms. The minimum absolute atomic E-state index is 0.184. The molecule has 0 aliphatic carbocycles. The molecule has 3 aromatic rings. The molecule has 2 heterocycles. The molecule has 4 nitrogen and oxygen atoms in total. The van der Waals surface area contributed by atoms with E-state index in [0.29, 0.717) is 22.4 Å². The van der Waals surface area contributed by atoms with Crippen molar-refractivity contribution in [3.8, 4) is 0 Å². The molecule has 0 saturated carbocycles. The van der Waals surface area contributed by atoms with Crippen LogP contribution in [0.4, 0.5) is 4.39 Å². The highest BCUT2D eigenvalue weighted by Crippen LogP contribution is 2.29. The van der Waals surface area contributed by atoms with Crippen LogP contribution in [0.15, 0.2) is 41.2 Å². The number of aliphatic hydroxyl groups excluding tert-OH is 1. The number of benzene rings is 1. The number of imidazole rings is 1. The molecule has 0 saturated heterocycles. The highest BCUT2D eigenvalue weighted by molar-refractivity contribution is 5.78. The Labute approximate surface area is 115 Å². The fourth-order valence-corrected chi connectivity index (χ4v) is 2.27. The third-order valence-corrected chi connectivity index (χ3v) is 3.30. The number of furan rings is 1. The van der Waals surface area contributed by atoms with E-state index in [1.165, 1.54) is 12.1 Å². The summed E-state index contributed by atoms with van der Waals surface area (Å²) in [6, 6.07) is 6.11. The molecule has 0 spiro atoms. The lowest BCUT2D eigenvalue weighted by Gasteiger charge is -2.14. The van der Waals surface area contributed by atoms with Crippen LogP contribution in [0.2, 0.25) is 0 Å². The Morgan fingerprint density at radius 1 is 1.30 bits per heavy atom. The standard InChI is InChI=1S/C15H15FN2O2/c1-9(2)18-8-17-7-12(18)15(19)14-6-10-5-11(16)3-4-13(10)20-14/h3-9,15,19H,1-2H3. The number of hydrogen-bond acceptors (Lipinski definition) is 3. The van der Waals surface area contributed by atoms with Gasteiger partial charge in [0.1, 0.15) is 17.2 Å². The Hall–Kier alpha value is -2.14. The fraction of sp³-hybridized carbons (Fsp3) is 0.267. The van der Waals surface area contributed by atoms with Crippen LogP contribution in [-0.4, -0.2) is 14.7 Å². The van der Waals surface area contributed by atoms with Gasteiger partial charge in [0.25, 0.3) is 0 Å². The van der Waals surface area contributed by atoms with Gasteiger partial charge < -0.3 is 14.1 Å². The molecule has 0 amide bonds. The average Bonchev–Trinajstić information content (AvgIpc) is 3.03. The molecular formula is C15H15FN2O2. The monoisotopic (exact) mass is 274 g/mol. The van der Waals surface area contributed by atoms with Gasteiger partial charge in [-0.25, -0.2) is 9.37 Å². The Bertz CT molecular complexity index is 745. The summed E-state index contributed by atoms with van der Waals surface area (Å²) in [7, 11) is 0. The maximum atomic E-state index is 13.2. The molecule has 104 valence electrons. The Morgan fingerprint density at radius 2 is 2.10 bits per heavy atom. The Morgan fingerprint density at radius 3 is 2.85 bits per heavy atom. The maximum absolute atomic E-state index is 13.2. The van der Waals surface area contributed by atoms with E-state index in [1.54, 1.807) is 24.7 Å². The third-order valence-electron chi connectivity index (χ3n) is 3.30. The molecule has 1 aromatic carbocycles. The van der Waals surface area contributed by atoms with Crippen molar-refractivity contribution in [2.45, 2.75) is 26.0 Å². The first-order valence-electron chi connectivity index (χ1n) is 6.45. The van der Waals surface area contributed by atoms with Crippen LogP contribution in [0.5, 0.6) is 0 Å². The summed E-state index contributed by atoms with van der Waals surface area (Å²) in [6.07, 6.45) is 2.36. The van der Waals surface area contributed by atoms with Crippen LogP contribution in [0.3, 0.4) is 0 Å². The van der Waals surface area contributed by atoms with Crippen molar-refractivity contribution < 1.29 is 13.9 Å². The number of aliphatic hydroxyl groups is 1. The number of aromatic nitrogens is 2. The van der Waals surface area contributed by atoms with Gasteiger partial charge in [-0.1, -0.05) is 0 Å². The molecule has 1 N–H and O–H groups in total. The van der Waals surface area contributed by atoms with E-state index in [2.05, 4.69) is 4.98 Å². The molecule has 1 unspecified atom stereocenters. The number of hydrogen-bond donors (Lipinski definition) is 1. The number of fused-ring (bicyclic) bond motifs is 1. The van der Waals surface area contributed by atoms with Gasteiger partial charge in [0.05, 0.1) is 18.2 Å². The second-order valence-electron chi connectivity index (χ2n) is 5.05. The predicted octanol–water partition coefficient (Wildman–Crippen LogP) is 3.43. The van der Waals surface area contributed by atoms with E-state index in [-0.39, 0.29) is 11.9 Å². The van der Waals surface area contributed by atoms with Crippen LogP contribution in [-0.2, 0) is 0 Å². The first-order chi connectivity index (χ1) is 9.56. The van der Waals surface area contributed by atoms with Gasteiger partial charge in [0.2, 0.25) is 0 Å². The Kier molecular flexibility index (Phi) is 3.06. The maximum Gasteiger partial charge on any atom is 0.153 e. The molecule has 0 aliphatic rings. The lowest BCUT2D eigenvalue weighted by atomic mass is 10.2. The molecule has 20 heavy (non-hydrogen) atoms. The minimum atomic E-state index is -0.921. The SMILES string of the molecule is CC(C)n1cncc1C(O)c1cc2cc(F)ccc2o1. The fourth-order valence-electron chi connectivity index (χ4n) is 2.27. The topological polar surface area (TPSA) is 51.2 Å². The zero-order chi connectivity index (χ0) is 14.3. The van der Waals surface area contributed by atoms with Gasteiger partial charge in [0.15, 0.2) is 6.10 Å². The predicted molar refractivity (Wildman–Crippen MR) is 72.8 cm³/mol. The molecular weight excluding hydrogens is 259 g/mol. The van der Waals surface area contributed by atoms with Crippen molar-refractivity contribution in [2.75, 3.05) is 0 Å². The van der Waals surface area contributed by atoms with Crippen molar-refractivity contribution >= 4 is 11.0 Å². The van der Waals surface area contributed by atoms with Crippen LogP contribution < -0.4 is 0 Å². The van der Waals surface area contributed by atoms with Crippen LogP contribution in [0, 0.1) is 5.82 Å². The molecule has 3 rings (SSSR count). The van der Waals surface area contributed by atoms with E-state index in [9.17, 15) is 9.50 Å². The van der Waals surface area contributed by atoms with E-state index >= 15 is 0 Å². The molecule has 2 aromatic heterocycles. The van der Waals surface area contributed by atoms with E-state index in [0.717, 1.165) is 0 Å². The second-order valence-corrected chi connectivity index (χ2v) is 5.05. The molecule has 0 radical (unpaired) electrons. The van der Waals surface area contributed by atoms with Crippen molar-refractivity contribution in [2.24, 2.45) is 0 Å². The summed E-state index contributed by atoms with van der Waals surface area (Å²) in [6.45, 7) is 4.01. The first-order valence-corrected chi connectivity index (χ1v) is 6.45. The van der Waals surface area contributed by atoms with E-state index in [4.69, 9.17) is 4.42 Å². The highest BCUT2D eigenvalue weighted by atomic mass is 19.1. The van der Waals surface area contributed by atoms with Gasteiger partial charge in [-0.15, -0.1) is 0 Å². The molecule has 1 atom stereocenters. The molecule has 0 bridgehead atoms. The van der Waals surface area contributed by atoms with E-state index in [1.807, 2.05) is 18.4 Å². The first kappa shape index (κ1) is 12.9.